The molecular formula is C12H22N6O. The van der Waals surface area contributed by atoms with Crippen molar-refractivity contribution in [3.05, 3.63) is 0 Å². The van der Waals surface area contributed by atoms with Gasteiger partial charge in [-0.05, 0) is 13.3 Å². The van der Waals surface area contributed by atoms with E-state index in [1.165, 1.54) is 0 Å². The lowest BCUT2D eigenvalue weighted by Gasteiger charge is -2.27. The van der Waals surface area contributed by atoms with Gasteiger partial charge in [0.25, 0.3) is 0 Å². The molecule has 0 radical (unpaired) electrons. The second-order valence-corrected chi connectivity index (χ2v) is 4.75. The molecule has 1 unspecified atom stereocenters. The number of morpholine rings is 1. The summed E-state index contributed by atoms with van der Waals surface area (Å²) in [6, 6.07) is 0.323. The zero-order valence-electron chi connectivity index (χ0n) is 11.6. The molecule has 0 aromatic carbocycles. The van der Waals surface area contributed by atoms with Crippen molar-refractivity contribution in [1.29, 1.82) is 0 Å². The van der Waals surface area contributed by atoms with Crippen LogP contribution in [0.25, 0.3) is 0 Å². The van der Waals surface area contributed by atoms with Crippen LogP contribution in [0.5, 0.6) is 0 Å². The van der Waals surface area contributed by atoms with Crippen LogP contribution in [-0.2, 0) is 4.74 Å². The highest BCUT2D eigenvalue weighted by Crippen LogP contribution is 2.14. The fourth-order valence-electron chi connectivity index (χ4n) is 2.08. The van der Waals surface area contributed by atoms with E-state index >= 15 is 0 Å². The number of ether oxygens (including phenoxy) is 1. The summed E-state index contributed by atoms with van der Waals surface area (Å²) in [5, 5.41) is 3.26. The monoisotopic (exact) mass is 266 g/mol. The third-order valence-corrected chi connectivity index (χ3v) is 3.03. The van der Waals surface area contributed by atoms with Gasteiger partial charge in [-0.25, -0.2) is 0 Å². The lowest BCUT2D eigenvalue weighted by Crippen LogP contribution is -2.37. The van der Waals surface area contributed by atoms with Gasteiger partial charge in [0.05, 0.1) is 13.2 Å². The summed E-state index contributed by atoms with van der Waals surface area (Å²) >= 11 is 0. The number of nitrogens with zero attached hydrogens (tertiary/aromatic N) is 4. The quantitative estimate of drug-likeness (QED) is 0.818. The van der Waals surface area contributed by atoms with Crippen LogP contribution in [0.1, 0.15) is 26.7 Å². The lowest BCUT2D eigenvalue weighted by atomic mass is 10.2. The van der Waals surface area contributed by atoms with E-state index in [4.69, 9.17) is 10.5 Å². The topological polar surface area (TPSA) is 89.2 Å². The zero-order chi connectivity index (χ0) is 13.7. The fourth-order valence-corrected chi connectivity index (χ4v) is 2.08. The minimum atomic E-state index is 0.252. The van der Waals surface area contributed by atoms with Crippen LogP contribution < -0.4 is 16.0 Å². The Morgan fingerprint density at radius 1 is 1.32 bits per heavy atom. The Balaban J connectivity index is 2.09. The maximum Gasteiger partial charge on any atom is 0.232 e. The summed E-state index contributed by atoms with van der Waals surface area (Å²) in [6.45, 7) is 7.22. The number of anilines is 3. The third kappa shape index (κ3) is 3.92. The molecule has 7 heteroatoms. The van der Waals surface area contributed by atoms with Crippen molar-refractivity contribution in [2.24, 2.45) is 0 Å². The molecule has 2 heterocycles. The normalized spacial score (nSPS) is 17.3. The van der Waals surface area contributed by atoms with Gasteiger partial charge in [0, 0.05) is 19.1 Å². The van der Waals surface area contributed by atoms with E-state index in [1.807, 2.05) is 0 Å². The molecule has 1 aliphatic heterocycles. The number of hydrogen-bond donors (Lipinski definition) is 2. The number of aromatic nitrogens is 3. The Morgan fingerprint density at radius 2 is 2.05 bits per heavy atom. The first kappa shape index (κ1) is 13.8. The highest BCUT2D eigenvalue weighted by atomic mass is 16.5. The van der Waals surface area contributed by atoms with Crippen LogP contribution in [0.3, 0.4) is 0 Å². The summed E-state index contributed by atoms with van der Waals surface area (Å²) in [6.07, 6.45) is 2.18. The van der Waals surface area contributed by atoms with Gasteiger partial charge in [0.15, 0.2) is 0 Å². The van der Waals surface area contributed by atoms with E-state index in [-0.39, 0.29) is 5.95 Å². The fraction of sp³-hybridized carbons (Fsp3) is 0.750. The molecular weight excluding hydrogens is 244 g/mol. The minimum absolute atomic E-state index is 0.252. The summed E-state index contributed by atoms with van der Waals surface area (Å²) in [4.78, 5) is 14.8. The number of hydrogen-bond acceptors (Lipinski definition) is 7. The average Bonchev–Trinajstić information content (AvgIpc) is 2.39. The standard InChI is InChI=1S/C12H22N6O/c1-3-4-9(2)14-11-15-10(13)16-12(17-11)18-5-7-19-8-6-18/h9H,3-8H2,1-2H3,(H3,13,14,15,16,17). The van der Waals surface area contributed by atoms with Gasteiger partial charge in [-0.1, -0.05) is 13.3 Å². The predicted molar refractivity (Wildman–Crippen MR) is 75.3 cm³/mol. The maximum absolute atomic E-state index is 5.76. The predicted octanol–water partition coefficient (Wildman–Crippen LogP) is 0.891. The Bertz CT molecular complexity index is 407. The molecule has 0 saturated carbocycles. The molecule has 1 aromatic heterocycles. The van der Waals surface area contributed by atoms with Gasteiger partial charge in [-0.2, -0.15) is 15.0 Å². The zero-order valence-corrected chi connectivity index (χ0v) is 11.6. The van der Waals surface area contributed by atoms with Crippen molar-refractivity contribution in [1.82, 2.24) is 15.0 Å². The average molecular weight is 266 g/mol. The van der Waals surface area contributed by atoms with E-state index in [1.54, 1.807) is 0 Å². The number of rotatable bonds is 5. The Kier molecular flexibility index (Phi) is 4.73. The second-order valence-electron chi connectivity index (χ2n) is 4.75. The number of nitrogens with two attached hydrogens (primary N) is 1. The van der Waals surface area contributed by atoms with Crippen LogP contribution in [-0.4, -0.2) is 47.3 Å². The molecule has 1 fully saturated rings. The van der Waals surface area contributed by atoms with Crippen molar-refractivity contribution in [2.45, 2.75) is 32.7 Å². The smallest absolute Gasteiger partial charge is 0.232 e. The SMILES string of the molecule is CCCC(C)Nc1nc(N)nc(N2CCOCC2)n1. The largest absolute Gasteiger partial charge is 0.378 e. The third-order valence-electron chi connectivity index (χ3n) is 3.03. The van der Waals surface area contributed by atoms with Crippen molar-refractivity contribution in [3.8, 4) is 0 Å². The summed E-state index contributed by atoms with van der Waals surface area (Å²) in [5.74, 6) is 1.43. The lowest BCUT2D eigenvalue weighted by molar-refractivity contribution is 0.122. The first-order valence-electron chi connectivity index (χ1n) is 6.80. The molecule has 19 heavy (non-hydrogen) atoms. The van der Waals surface area contributed by atoms with Crippen LogP contribution >= 0.6 is 0 Å². The highest BCUT2D eigenvalue weighted by Gasteiger charge is 2.16. The molecule has 1 aromatic rings. The summed E-state index contributed by atoms with van der Waals surface area (Å²) < 4.78 is 5.32. The molecule has 0 aliphatic carbocycles. The van der Waals surface area contributed by atoms with Crippen LogP contribution in [0.4, 0.5) is 17.8 Å². The maximum atomic E-state index is 5.76. The van der Waals surface area contributed by atoms with E-state index < -0.39 is 0 Å². The van der Waals surface area contributed by atoms with Gasteiger partial charge in [0.1, 0.15) is 0 Å². The van der Waals surface area contributed by atoms with Crippen LogP contribution in [0, 0.1) is 0 Å². The van der Waals surface area contributed by atoms with Crippen LogP contribution in [0.2, 0.25) is 0 Å². The van der Waals surface area contributed by atoms with Gasteiger partial charge >= 0.3 is 0 Å². The van der Waals surface area contributed by atoms with Crippen LogP contribution in [0.15, 0.2) is 0 Å². The van der Waals surface area contributed by atoms with E-state index in [2.05, 4.69) is 39.0 Å². The van der Waals surface area contributed by atoms with Gasteiger partial charge in [-0.3, -0.25) is 0 Å². The second kappa shape index (κ2) is 6.51. The Morgan fingerprint density at radius 3 is 2.74 bits per heavy atom. The molecule has 0 spiro atoms. The van der Waals surface area contributed by atoms with Crippen molar-refractivity contribution in [3.63, 3.8) is 0 Å². The van der Waals surface area contributed by atoms with Crippen molar-refractivity contribution < 1.29 is 4.74 Å². The van der Waals surface area contributed by atoms with E-state index in [0.717, 1.165) is 25.9 Å². The molecule has 1 aliphatic rings. The highest BCUT2D eigenvalue weighted by molar-refractivity contribution is 5.42. The molecule has 2 rings (SSSR count). The molecule has 1 atom stereocenters. The minimum Gasteiger partial charge on any atom is -0.378 e. The Labute approximate surface area is 113 Å². The van der Waals surface area contributed by atoms with Crippen molar-refractivity contribution in [2.75, 3.05) is 42.3 Å². The van der Waals surface area contributed by atoms with E-state index in [9.17, 15) is 0 Å². The van der Waals surface area contributed by atoms with Gasteiger partial charge < -0.3 is 20.7 Å². The van der Waals surface area contributed by atoms with Gasteiger partial charge in [0.2, 0.25) is 17.8 Å². The molecule has 1 saturated heterocycles. The van der Waals surface area contributed by atoms with Gasteiger partial charge in [-0.15, -0.1) is 0 Å². The van der Waals surface area contributed by atoms with E-state index in [0.29, 0.717) is 31.2 Å². The molecule has 106 valence electrons. The first-order chi connectivity index (χ1) is 9.19. The summed E-state index contributed by atoms with van der Waals surface area (Å²) in [5.41, 5.74) is 5.76. The number of nitrogens with one attached hydrogen (secondary N) is 1. The van der Waals surface area contributed by atoms with Crippen molar-refractivity contribution >= 4 is 17.8 Å². The Hall–Kier alpha value is -1.63. The molecule has 3 N–H and O–H groups in total. The molecule has 7 nitrogen and oxygen atoms in total. The molecule has 0 bridgehead atoms. The summed E-state index contributed by atoms with van der Waals surface area (Å²) in [7, 11) is 0. The first-order valence-corrected chi connectivity index (χ1v) is 6.80. The number of nitrogen functional groups attached to an aromatic ring is 1. The molecule has 0 amide bonds.